The van der Waals surface area contributed by atoms with E-state index in [9.17, 15) is 9.59 Å². The van der Waals surface area contributed by atoms with Crippen LogP contribution in [0, 0.1) is 0 Å². The summed E-state index contributed by atoms with van der Waals surface area (Å²) in [7, 11) is 0. The van der Waals surface area contributed by atoms with Crippen molar-refractivity contribution < 1.29 is 29.3 Å². The summed E-state index contributed by atoms with van der Waals surface area (Å²) in [5.74, 6) is 0.644. The Morgan fingerprint density at radius 2 is 1.00 bits per heavy atom. The van der Waals surface area contributed by atoms with Gasteiger partial charge in [0.25, 0.3) is 0 Å². The van der Waals surface area contributed by atoms with Crippen LogP contribution < -0.4 is 11.5 Å². The lowest BCUT2D eigenvalue weighted by molar-refractivity contribution is 0.162. The lowest BCUT2D eigenvalue weighted by Crippen LogP contribution is -2.11. The lowest BCUT2D eigenvalue weighted by atomic mass is 10.3. The van der Waals surface area contributed by atoms with E-state index in [0.717, 1.165) is 0 Å². The van der Waals surface area contributed by atoms with E-state index in [2.05, 4.69) is 20.9 Å². The molecule has 0 aromatic heterocycles. The molecule has 6 N–H and O–H groups in total. The van der Waals surface area contributed by atoms with Gasteiger partial charge in [-0.2, -0.15) is 0 Å². The third-order valence-electron chi connectivity index (χ3n) is 2.09. The van der Waals surface area contributed by atoms with Gasteiger partial charge < -0.3 is 31.2 Å². The molecule has 0 spiro atoms. The number of nitrogens with two attached hydrogens (primary N) is 2. The number of hydrogen-bond acceptors (Lipinski definition) is 6. The van der Waals surface area contributed by atoms with Crippen molar-refractivity contribution >= 4 is 12.2 Å². The molecule has 0 atom stereocenters. The van der Waals surface area contributed by atoms with Crippen molar-refractivity contribution in [2.45, 2.75) is 13.8 Å². The van der Waals surface area contributed by atoms with Crippen LogP contribution >= 0.6 is 0 Å². The van der Waals surface area contributed by atoms with Crippen molar-refractivity contribution in [1.29, 1.82) is 0 Å². The Kier molecular flexibility index (Phi) is 17.1. The van der Waals surface area contributed by atoms with Crippen LogP contribution in [-0.2, 0) is 9.47 Å². The number of phenolic OH excluding ortho intramolecular Hbond substituents is 2. The van der Waals surface area contributed by atoms with E-state index in [4.69, 9.17) is 10.2 Å². The number of aromatic hydroxyl groups is 2. The maximum Gasteiger partial charge on any atom is 0.404 e. The second kappa shape index (κ2) is 17.9. The molecule has 26 heavy (non-hydrogen) atoms. The first-order valence-corrected chi connectivity index (χ1v) is 7.65. The summed E-state index contributed by atoms with van der Waals surface area (Å²) in [5.41, 5.74) is 9.08. The summed E-state index contributed by atoms with van der Waals surface area (Å²) in [6.45, 7) is 4.11. The van der Waals surface area contributed by atoms with Crippen molar-refractivity contribution in [2.75, 3.05) is 13.2 Å². The van der Waals surface area contributed by atoms with Gasteiger partial charge in [-0.25, -0.2) is 9.59 Å². The minimum atomic E-state index is -0.711. The van der Waals surface area contributed by atoms with Crippen LogP contribution in [-0.4, -0.2) is 35.6 Å². The normalized spacial score (nSPS) is 8.08. The first-order valence-electron chi connectivity index (χ1n) is 7.65. The average Bonchev–Trinajstić information content (AvgIpc) is 2.58. The van der Waals surface area contributed by atoms with E-state index in [-0.39, 0.29) is 0 Å². The van der Waals surface area contributed by atoms with Gasteiger partial charge in [-0.1, -0.05) is 36.4 Å². The largest absolute Gasteiger partial charge is 0.508 e. The third kappa shape index (κ3) is 22.9. The zero-order chi connectivity index (χ0) is 20.2. The highest BCUT2D eigenvalue weighted by Crippen LogP contribution is 2.03. The number of ether oxygens (including phenoxy) is 2. The molecule has 2 aromatic carbocycles. The Morgan fingerprint density at radius 1 is 0.731 bits per heavy atom. The van der Waals surface area contributed by atoms with Crippen LogP contribution in [0.15, 0.2) is 60.7 Å². The van der Waals surface area contributed by atoms with E-state index in [0.29, 0.717) is 24.7 Å². The second-order valence-corrected chi connectivity index (χ2v) is 4.18. The molecule has 0 aliphatic rings. The molecule has 0 bridgehead atoms. The summed E-state index contributed by atoms with van der Waals surface area (Å²) in [5, 5.41) is 17.3. The molecule has 0 aliphatic heterocycles. The molecule has 2 aromatic rings. The lowest BCUT2D eigenvalue weighted by Gasteiger charge is -1.89. The smallest absolute Gasteiger partial charge is 0.404 e. The summed E-state index contributed by atoms with van der Waals surface area (Å²) in [6.07, 6.45) is -1.42. The number of primary amides is 2. The molecule has 0 aliphatic carbocycles. The topological polar surface area (TPSA) is 145 Å². The van der Waals surface area contributed by atoms with Crippen molar-refractivity contribution in [3.63, 3.8) is 0 Å². The van der Waals surface area contributed by atoms with Crippen molar-refractivity contribution in [1.82, 2.24) is 0 Å². The SMILES string of the molecule is CCOC(N)=O.CCOC(N)=O.Oc1ccccc1.Oc1ccccc1. The van der Waals surface area contributed by atoms with Crippen LogP contribution in [0.1, 0.15) is 13.8 Å². The molecular weight excluding hydrogens is 340 g/mol. The molecule has 8 heteroatoms. The Balaban J connectivity index is 0. The monoisotopic (exact) mass is 366 g/mol. The maximum atomic E-state index is 9.60. The highest BCUT2D eigenvalue weighted by atomic mass is 16.5. The predicted octanol–water partition coefficient (Wildman–Crippen LogP) is 2.99. The van der Waals surface area contributed by atoms with Crippen LogP contribution in [0.25, 0.3) is 0 Å². The molecule has 0 radical (unpaired) electrons. The Labute approximate surface area is 153 Å². The van der Waals surface area contributed by atoms with E-state index in [1.165, 1.54) is 0 Å². The summed E-state index contributed by atoms with van der Waals surface area (Å²) >= 11 is 0. The zero-order valence-corrected chi connectivity index (χ0v) is 14.9. The fraction of sp³-hybridized carbons (Fsp3) is 0.222. The van der Waals surface area contributed by atoms with Gasteiger partial charge in [0, 0.05) is 0 Å². The number of amides is 2. The molecule has 2 amide bonds. The van der Waals surface area contributed by atoms with Crippen molar-refractivity contribution in [3.05, 3.63) is 60.7 Å². The van der Waals surface area contributed by atoms with E-state index in [1.807, 2.05) is 12.1 Å². The van der Waals surface area contributed by atoms with Gasteiger partial charge in [0.2, 0.25) is 0 Å². The molecule has 0 unspecified atom stereocenters. The quantitative estimate of drug-likeness (QED) is 0.643. The van der Waals surface area contributed by atoms with Gasteiger partial charge in [-0.15, -0.1) is 0 Å². The van der Waals surface area contributed by atoms with Gasteiger partial charge in [0.05, 0.1) is 13.2 Å². The predicted molar refractivity (Wildman–Crippen MR) is 98.6 cm³/mol. The molecule has 8 nitrogen and oxygen atoms in total. The average molecular weight is 366 g/mol. The molecule has 0 heterocycles. The third-order valence-corrected chi connectivity index (χ3v) is 2.09. The number of carbonyl (C=O) groups is 2. The van der Waals surface area contributed by atoms with Crippen LogP contribution in [0.5, 0.6) is 11.5 Å². The number of carbonyl (C=O) groups excluding carboxylic acids is 2. The molecular formula is C18H26N2O6. The number of phenols is 2. The second-order valence-electron chi connectivity index (χ2n) is 4.18. The first kappa shape index (κ1) is 24.8. The van der Waals surface area contributed by atoms with Gasteiger partial charge >= 0.3 is 12.2 Å². The summed E-state index contributed by atoms with van der Waals surface area (Å²) in [4.78, 5) is 19.2. The van der Waals surface area contributed by atoms with E-state index >= 15 is 0 Å². The first-order chi connectivity index (χ1) is 12.3. The van der Waals surface area contributed by atoms with Crippen LogP contribution in [0.2, 0.25) is 0 Å². The molecule has 0 saturated heterocycles. The number of hydrogen-bond donors (Lipinski definition) is 4. The number of para-hydroxylation sites is 2. The summed E-state index contributed by atoms with van der Waals surface area (Å²) in [6, 6.07) is 17.4. The standard InChI is InChI=1S/2C6H6O.2C3H7NO2/c2*7-6-4-2-1-3-5-6;2*1-2-6-3(4)5/h2*1-5,7H;2*2H2,1H3,(H2,4,5). The van der Waals surface area contributed by atoms with E-state index < -0.39 is 12.2 Å². The highest BCUT2D eigenvalue weighted by molar-refractivity contribution is 5.64. The molecule has 2 rings (SSSR count). The van der Waals surface area contributed by atoms with Crippen LogP contribution in [0.4, 0.5) is 9.59 Å². The fourth-order valence-corrected chi connectivity index (χ4v) is 1.14. The Morgan fingerprint density at radius 3 is 1.08 bits per heavy atom. The maximum absolute atomic E-state index is 9.60. The highest BCUT2D eigenvalue weighted by Gasteiger charge is 1.83. The molecule has 0 fully saturated rings. The zero-order valence-electron chi connectivity index (χ0n) is 14.9. The Hall–Kier alpha value is -3.42. The van der Waals surface area contributed by atoms with Gasteiger partial charge in [0.15, 0.2) is 0 Å². The minimum absolute atomic E-state index is 0.322. The van der Waals surface area contributed by atoms with Gasteiger partial charge in [-0.3, -0.25) is 0 Å². The van der Waals surface area contributed by atoms with E-state index in [1.54, 1.807) is 62.4 Å². The minimum Gasteiger partial charge on any atom is -0.508 e. The van der Waals surface area contributed by atoms with Crippen molar-refractivity contribution in [3.8, 4) is 11.5 Å². The fourth-order valence-electron chi connectivity index (χ4n) is 1.14. The van der Waals surface area contributed by atoms with Gasteiger partial charge in [-0.05, 0) is 38.1 Å². The number of benzene rings is 2. The van der Waals surface area contributed by atoms with Crippen LogP contribution in [0.3, 0.4) is 0 Å². The molecule has 144 valence electrons. The van der Waals surface area contributed by atoms with Crippen molar-refractivity contribution in [2.24, 2.45) is 11.5 Å². The molecule has 0 saturated carbocycles. The Bertz CT molecular complexity index is 525. The number of rotatable bonds is 2. The summed E-state index contributed by atoms with van der Waals surface area (Å²) < 4.78 is 8.36. The van der Waals surface area contributed by atoms with Gasteiger partial charge in [0.1, 0.15) is 11.5 Å².